The van der Waals surface area contributed by atoms with Crippen LogP contribution in [0.5, 0.6) is 11.5 Å². The Labute approximate surface area is 188 Å². The maximum absolute atomic E-state index is 10.9. The van der Waals surface area contributed by atoms with Crippen molar-refractivity contribution in [1.29, 1.82) is 0 Å². The van der Waals surface area contributed by atoms with Crippen molar-refractivity contribution in [3.05, 3.63) is 70.3 Å². The smallest absolute Gasteiger partial charge is 0.126 e. The average molecular weight is 419 g/mol. The molecule has 0 spiro atoms. The van der Waals surface area contributed by atoms with Gasteiger partial charge in [-0.3, -0.25) is 0 Å². The molecule has 0 fully saturated rings. The molecule has 3 rings (SSSR count). The second-order valence-electron chi connectivity index (χ2n) is 8.75. The highest BCUT2D eigenvalue weighted by Crippen LogP contribution is 2.35. The molecule has 0 atom stereocenters. The molecule has 31 heavy (non-hydrogen) atoms. The van der Waals surface area contributed by atoms with Crippen LogP contribution in [-0.2, 0) is 25.7 Å². The third kappa shape index (κ3) is 5.61. The lowest BCUT2D eigenvalue weighted by Crippen LogP contribution is -1.98. The molecule has 2 nitrogen and oxygen atoms in total. The molecule has 0 unspecified atom stereocenters. The lowest BCUT2D eigenvalue weighted by molar-refractivity contribution is 0.462. The van der Waals surface area contributed by atoms with Crippen LogP contribution in [0.3, 0.4) is 0 Å². The van der Waals surface area contributed by atoms with Gasteiger partial charge in [0, 0.05) is 5.39 Å². The monoisotopic (exact) mass is 418 g/mol. The Kier molecular flexibility index (Phi) is 8.40. The van der Waals surface area contributed by atoms with E-state index in [-0.39, 0.29) is 0 Å². The van der Waals surface area contributed by atoms with Gasteiger partial charge in [0.25, 0.3) is 0 Å². The highest BCUT2D eigenvalue weighted by molar-refractivity contribution is 5.92. The first kappa shape index (κ1) is 23.2. The van der Waals surface area contributed by atoms with Crippen LogP contribution in [-0.4, -0.2) is 10.2 Å². The summed E-state index contributed by atoms with van der Waals surface area (Å²) < 4.78 is 0. The van der Waals surface area contributed by atoms with Crippen molar-refractivity contribution in [3.8, 4) is 11.5 Å². The van der Waals surface area contributed by atoms with Crippen LogP contribution in [0.1, 0.15) is 87.1 Å². The Bertz CT molecular complexity index is 978. The summed E-state index contributed by atoms with van der Waals surface area (Å²) in [6.45, 7) is 6.43. The molecule has 0 aliphatic heterocycles. The third-order valence-electron chi connectivity index (χ3n) is 6.46. The van der Waals surface area contributed by atoms with Crippen LogP contribution in [0.4, 0.5) is 0 Å². The topological polar surface area (TPSA) is 40.5 Å². The van der Waals surface area contributed by atoms with E-state index in [0.717, 1.165) is 59.6 Å². The van der Waals surface area contributed by atoms with Crippen molar-refractivity contribution < 1.29 is 10.2 Å². The summed E-state index contributed by atoms with van der Waals surface area (Å²) in [5.74, 6) is 0.898. The summed E-state index contributed by atoms with van der Waals surface area (Å²) >= 11 is 0. The molecule has 0 bridgehead atoms. The van der Waals surface area contributed by atoms with Crippen molar-refractivity contribution in [3.63, 3.8) is 0 Å². The van der Waals surface area contributed by atoms with Gasteiger partial charge in [0.2, 0.25) is 0 Å². The van der Waals surface area contributed by atoms with Crippen molar-refractivity contribution >= 4 is 10.8 Å². The SMILES string of the molecule is CCCCCCCCc1cc(Cc2cc(CC)c(O)c(CC)c2)c2ccccc2c1O. The lowest BCUT2D eigenvalue weighted by Gasteiger charge is -2.15. The summed E-state index contributed by atoms with van der Waals surface area (Å²) in [6, 6.07) is 14.7. The first-order valence-electron chi connectivity index (χ1n) is 12.1. The number of phenolic OH excluding ortho intramolecular Hbond substituents is 2. The molecular weight excluding hydrogens is 380 g/mol. The van der Waals surface area contributed by atoms with Crippen LogP contribution in [0, 0.1) is 0 Å². The van der Waals surface area contributed by atoms with E-state index in [4.69, 9.17) is 0 Å². The van der Waals surface area contributed by atoms with Gasteiger partial charge in [-0.2, -0.15) is 0 Å². The van der Waals surface area contributed by atoms with E-state index < -0.39 is 0 Å². The molecule has 0 aromatic heterocycles. The van der Waals surface area contributed by atoms with Crippen molar-refractivity contribution in [2.45, 2.75) is 85.0 Å². The van der Waals surface area contributed by atoms with Gasteiger partial charge in [0.1, 0.15) is 11.5 Å². The van der Waals surface area contributed by atoms with E-state index in [2.05, 4.69) is 45.0 Å². The summed E-state index contributed by atoms with van der Waals surface area (Å²) in [5, 5.41) is 23.5. The third-order valence-corrected chi connectivity index (χ3v) is 6.46. The molecule has 0 amide bonds. The van der Waals surface area contributed by atoms with E-state index in [1.165, 1.54) is 43.2 Å². The highest BCUT2D eigenvalue weighted by Gasteiger charge is 2.14. The van der Waals surface area contributed by atoms with Gasteiger partial charge in [-0.15, -0.1) is 0 Å². The van der Waals surface area contributed by atoms with Gasteiger partial charge in [-0.05, 0) is 65.3 Å². The van der Waals surface area contributed by atoms with Crippen LogP contribution >= 0.6 is 0 Å². The minimum Gasteiger partial charge on any atom is -0.507 e. The van der Waals surface area contributed by atoms with Crippen molar-refractivity contribution in [2.24, 2.45) is 0 Å². The predicted octanol–water partition coefficient (Wildman–Crippen LogP) is 7.87. The molecule has 2 heteroatoms. The minimum atomic E-state index is 0.446. The number of benzene rings is 3. The Hall–Kier alpha value is -2.48. The molecule has 3 aromatic carbocycles. The van der Waals surface area contributed by atoms with Crippen molar-refractivity contribution in [1.82, 2.24) is 0 Å². The molecule has 0 saturated heterocycles. The van der Waals surface area contributed by atoms with Crippen LogP contribution < -0.4 is 0 Å². The number of hydrogen-bond donors (Lipinski definition) is 2. The summed E-state index contributed by atoms with van der Waals surface area (Å²) in [5.41, 5.74) is 5.58. The summed E-state index contributed by atoms with van der Waals surface area (Å²) in [4.78, 5) is 0. The summed E-state index contributed by atoms with van der Waals surface area (Å²) in [7, 11) is 0. The van der Waals surface area contributed by atoms with Gasteiger partial charge >= 0.3 is 0 Å². The van der Waals surface area contributed by atoms with Crippen LogP contribution in [0.2, 0.25) is 0 Å². The number of aromatic hydroxyl groups is 2. The normalized spacial score (nSPS) is 11.3. The van der Waals surface area contributed by atoms with E-state index in [1.54, 1.807) is 0 Å². The zero-order valence-electron chi connectivity index (χ0n) is 19.5. The van der Waals surface area contributed by atoms with E-state index in [0.29, 0.717) is 11.5 Å². The number of rotatable bonds is 11. The van der Waals surface area contributed by atoms with Gasteiger partial charge in [0.15, 0.2) is 0 Å². The second kappa shape index (κ2) is 11.2. The molecule has 0 heterocycles. The number of phenols is 2. The van der Waals surface area contributed by atoms with E-state index >= 15 is 0 Å². The number of hydrogen-bond acceptors (Lipinski definition) is 2. The van der Waals surface area contributed by atoms with Gasteiger partial charge < -0.3 is 10.2 Å². The first-order chi connectivity index (χ1) is 15.1. The second-order valence-corrected chi connectivity index (χ2v) is 8.75. The Balaban J connectivity index is 1.90. The predicted molar refractivity (Wildman–Crippen MR) is 132 cm³/mol. The fourth-order valence-corrected chi connectivity index (χ4v) is 4.62. The van der Waals surface area contributed by atoms with Gasteiger partial charge in [0.05, 0.1) is 0 Å². The fraction of sp³-hybridized carbons (Fsp3) is 0.448. The van der Waals surface area contributed by atoms with Crippen LogP contribution in [0.15, 0.2) is 42.5 Å². The Morgan fingerprint density at radius 1 is 0.613 bits per heavy atom. The zero-order valence-corrected chi connectivity index (χ0v) is 19.5. The molecule has 0 saturated carbocycles. The Morgan fingerprint density at radius 2 is 1.23 bits per heavy atom. The maximum atomic E-state index is 10.9. The molecule has 166 valence electrons. The molecule has 2 N–H and O–H groups in total. The molecule has 0 radical (unpaired) electrons. The standard InChI is InChI=1S/C29H38O2/c1-4-7-8-9-10-11-14-24-20-25(26-15-12-13-16-27(26)29(24)31)19-21-17-22(5-2)28(30)23(6-3)18-21/h12-13,15-18,20,30-31H,4-11,14,19H2,1-3H3. The van der Waals surface area contributed by atoms with E-state index in [1.807, 2.05) is 18.2 Å². The number of fused-ring (bicyclic) bond motifs is 1. The quantitative estimate of drug-likeness (QED) is 0.311. The number of aryl methyl sites for hydroxylation is 3. The van der Waals surface area contributed by atoms with Gasteiger partial charge in [-0.1, -0.05) is 95.3 Å². The zero-order chi connectivity index (χ0) is 22.2. The number of unbranched alkanes of at least 4 members (excludes halogenated alkanes) is 5. The Morgan fingerprint density at radius 3 is 1.87 bits per heavy atom. The maximum Gasteiger partial charge on any atom is 0.126 e. The van der Waals surface area contributed by atoms with Crippen LogP contribution in [0.25, 0.3) is 10.8 Å². The van der Waals surface area contributed by atoms with Crippen molar-refractivity contribution in [2.75, 3.05) is 0 Å². The molecular formula is C29H38O2. The molecule has 0 aliphatic carbocycles. The van der Waals surface area contributed by atoms with Gasteiger partial charge in [-0.25, -0.2) is 0 Å². The molecule has 0 aliphatic rings. The highest BCUT2D eigenvalue weighted by atomic mass is 16.3. The minimum absolute atomic E-state index is 0.446. The fourth-order valence-electron chi connectivity index (χ4n) is 4.62. The first-order valence-corrected chi connectivity index (χ1v) is 12.1. The lowest BCUT2D eigenvalue weighted by atomic mass is 9.91. The molecule has 3 aromatic rings. The largest absolute Gasteiger partial charge is 0.507 e. The summed E-state index contributed by atoms with van der Waals surface area (Å²) in [6.07, 6.45) is 10.9. The van der Waals surface area contributed by atoms with E-state index in [9.17, 15) is 10.2 Å². The average Bonchev–Trinajstić information content (AvgIpc) is 2.79.